The highest BCUT2D eigenvalue weighted by molar-refractivity contribution is 9.11. The predicted octanol–water partition coefficient (Wildman–Crippen LogP) is 4.29. The van der Waals surface area contributed by atoms with Gasteiger partial charge in [0.05, 0.1) is 8.95 Å². The Morgan fingerprint density at radius 1 is 0.947 bits per heavy atom. The summed E-state index contributed by atoms with van der Waals surface area (Å²) >= 11 is 6.53. The van der Waals surface area contributed by atoms with E-state index in [4.69, 9.17) is 4.18 Å². The lowest BCUT2D eigenvalue weighted by atomic mass is 10.2. The molecular weight excluding hydrogens is 396 g/mol. The van der Waals surface area contributed by atoms with Crippen LogP contribution in [0.25, 0.3) is 0 Å². The minimum absolute atomic E-state index is 0.126. The van der Waals surface area contributed by atoms with Gasteiger partial charge in [0.15, 0.2) is 5.75 Å². The second-order valence-electron chi connectivity index (χ2n) is 3.90. The predicted molar refractivity (Wildman–Crippen MR) is 80.8 cm³/mol. The smallest absolute Gasteiger partial charge is 0.339 e. The first kappa shape index (κ1) is 14.6. The van der Waals surface area contributed by atoms with Gasteiger partial charge in [0.2, 0.25) is 0 Å². The van der Waals surface area contributed by atoms with E-state index in [1.807, 2.05) is 6.92 Å². The zero-order valence-corrected chi connectivity index (χ0v) is 13.9. The molecule has 0 amide bonds. The van der Waals surface area contributed by atoms with E-state index >= 15 is 0 Å². The van der Waals surface area contributed by atoms with E-state index in [2.05, 4.69) is 31.9 Å². The van der Waals surface area contributed by atoms with Crippen LogP contribution in [0, 0.1) is 6.92 Å². The van der Waals surface area contributed by atoms with Gasteiger partial charge in [-0.25, -0.2) is 0 Å². The van der Waals surface area contributed by atoms with Crippen LogP contribution in [-0.2, 0) is 10.1 Å². The van der Waals surface area contributed by atoms with Gasteiger partial charge < -0.3 is 4.18 Å². The summed E-state index contributed by atoms with van der Waals surface area (Å²) < 4.78 is 30.6. The summed E-state index contributed by atoms with van der Waals surface area (Å²) in [6, 6.07) is 11.7. The van der Waals surface area contributed by atoms with E-state index in [0.29, 0.717) is 8.95 Å². The van der Waals surface area contributed by atoms with E-state index in [0.717, 1.165) is 5.56 Å². The highest BCUT2D eigenvalue weighted by atomic mass is 79.9. The lowest BCUT2D eigenvalue weighted by Gasteiger charge is -2.10. The number of aryl methyl sites for hydroxylation is 1. The Morgan fingerprint density at radius 3 is 2.00 bits per heavy atom. The summed E-state index contributed by atoms with van der Waals surface area (Å²) in [5.74, 6) is 0.239. The van der Waals surface area contributed by atoms with E-state index in [1.54, 1.807) is 30.3 Å². The number of halogens is 2. The summed E-state index contributed by atoms with van der Waals surface area (Å²) in [5.41, 5.74) is 0.987. The molecule has 0 fully saturated rings. The monoisotopic (exact) mass is 404 g/mol. The van der Waals surface area contributed by atoms with E-state index in [1.165, 1.54) is 12.1 Å². The average Bonchev–Trinajstić information content (AvgIpc) is 2.35. The number of hydrogen-bond donors (Lipinski definition) is 0. The van der Waals surface area contributed by atoms with Crippen molar-refractivity contribution in [2.75, 3.05) is 0 Å². The Bertz CT molecular complexity index is 674. The van der Waals surface area contributed by atoms with Crippen LogP contribution in [0.3, 0.4) is 0 Å². The highest BCUT2D eigenvalue weighted by Gasteiger charge is 2.19. The van der Waals surface area contributed by atoms with Crippen LogP contribution < -0.4 is 4.18 Å². The molecule has 0 bridgehead atoms. The molecule has 0 aliphatic rings. The highest BCUT2D eigenvalue weighted by Crippen LogP contribution is 2.35. The third kappa shape index (κ3) is 3.38. The molecule has 2 rings (SSSR count). The van der Waals surface area contributed by atoms with Crippen molar-refractivity contribution in [2.45, 2.75) is 11.8 Å². The van der Waals surface area contributed by atoms with Gasteiger partial charge in [0.1, 0.15) is 4.90 Å². The molecular formula is C13H10Br2O3S. The molecule has 0 heterocycles. The second kappa shape index (κ2) is 5.64. The number of benzene rings is 2. The molecule has 0 aromatic heterocycles. The van der Waals surface area contributed by atoms with Gasteiger partial charge in [-0.15, -0.1) is 0 Å². The zero-order valence-electron chi connectivity index (χ0n) is 9.93. The minimum Gasteiger partial charge on any atom is -0.377 e. The summed E-state index contributed by atoms with van der Waals surface area (Å²) in [7, 11) is -3.84. The molecule has 0 saturated carbocycles. The molecule has 0 radical (unpaired) electrons. The first-order valence-corrected chi connectivity index (χ1v) is 8.35. The fraction of sp³-hybridized carbons (Fsp3) is 0.0769. The number of para-hydroxylation sites is 1. The Kier molecular flexibility index (Phi) is 4.32. The van der Waals surface area contributed by atoms with Crippen LogP contribution in [0.1, 0.15) is 5.56 Å². The van der Waals surface area contributed by atoms with Crippen LogP contribution in [-0.4, -0.2) is 8.42 Å². The van der Waals surface area contributed by atoms with Gasteiger partial charge in [0, 0.05) is 0 Å². The molecule has 0 aliphatic heterocycles. The number of hydrogen-bond acceptors (Lipinski definition) is 3. The first-order valence-electron chi connectivity index (χ1n) is 5.35. The topological polar surface area (TPSA) is 43.4 Å². The second-order valence-corrected chi connectivity index (χ2v) is 7.16. The fourth-order valence-electron chi connectivity index (χ4n) is 1.42. The maximum atomic E-state index is 12.2. The van der Waals surface area contributed by atoms with Crippen LogP contribution >= 0.6 is 31.9 Å². The molecule has 0 atom stereocenters. The van der Waals surface area contributed by atoms with Crippen molar-refractivity contribution in [1.82, 2.24) is 0 Å². The molecule has 19 heavy (non-hydrogen) atoms. The molecule has 0 unspecified atom stereocenters. The maximum Gasteiger partial charge on any atom is 0.339 e. The van der Waals surface area contributed by atoms with Gasteiger partial charge in [0.25, 0.3) is 0 Å². The molecule has 6 heteroatoms. The molecule has 0 aliphatic carbocycles. The molecule has 0 saturated heterocycles. The number of rotatable bonds is 3. The zero-order chi connectivity index (χ0) is 14.0. The van der Waals surface area contributed by atoms with Gasteiger partial charge in [-0.2, -0.15) is 8.42 Å². The standard InChI is InChI=1S/C13H10Br2O3S/c1-9-5-7-10(8-6-9)19(16,17)18-13-11(14)3-2-4-12(13)15/h2-8H,1H3. The summed E-state index contributed by atoms with van der Waals surface area (Å²) in [5, 5.41) is 0. The van der Waals surface area contributed by atoms with Gasteiger partial charge in [-0.05, 0) is 63.0 Å². The quantitative estimate of drug-likeness (QED) is 0.715. The van der Waals surface area contributed by atoms with Crippen molar-refractivity contribution in [1.29, 1.82) is 0 Å². The van der Waals surface area contributed by atoms with Crippen molar-refractivity contribution in [3.05, 3.63) is 57.0 Å². The Labute approximate surface area is 129 Å². The largest absolute Gasteiger partial charge is 0.377 e. The Hall–Kier alpha value is -0.850. The van der Waals surface area contributed by atoms with Crippen LogP contribution in [0.15, 0.2) is 56.3 Å². The Morgan fingerprint density at radius 2 is 1.47 bits per heavy atom. The van der Waals surface area contributed by atoms with Gasteiger partial charge in [-0.1, -0.05) is 23.8 Å². The van der Waals surface area contributed by atoms with Crippen molar-refractivity contribution >= 4 is 42.0 Å². The van der Waals surface area contributed by atoms with Crippen molar-refractivity contribution < 1.29 is 12.6 Å². The summed E-state index contributed by atoms with van der Waals surface area (Å²) in [6.07, 6.45) is 0. The summed E-state index contributed by atoms with van der Waals surface area (Å²) in [6.45, 7) is 1.89. The van der Waals surface area contributed by atoms with E-state index in [9.17, 15) is 8.42 Å². The molecule has 3 nitrogen and oxygen atoms in total. The van der Waals surface area contributed by atoms with E-state index in [-0.39, 0.29) is 10.6 Å². The summed E-state index contributed by atoms with van der Waals surface area (Å²) in [4.78, 5) is 0.126. The third-order valence-corrected chi connectivity index (χ3v) is 4.91. The lowest BCUT2D eigenvalue weighted by Crippen LogP contribution is -2.10. The molecule has 0 N–H and O–H groups in total. The molecule has 100 valence electrons. The molecule has 0 spiro atoms. The van der Waals surface area contributed by atoms with Crippen LogP contribution in [0.4, 0.5) is 0 Å². The normalized spacial score (nSPS) is 11.3. The van der Waals surface area contributed by atoms with Gasteiger partial charge >= 0.3 is 10.1 Å². The minimum atomic E-state index is -3.84. The SMILES string of the molecule is Cc1ccc(S(=O)(=O)Oc2c(Br)cccc2Br)cc1. The van der Waals surface area contributed by atoms with Crippen molar-refractivity contribution in [2.24, 2.45) is 0 Å². The maximum absolute atomic E-state index is 12.2. The van der Waals surface area contributed by atoms with Crippen LogP contribution in [0.5, 0.6) is 5.75 Å². The van der Waals surface area contributed by atoms with Crippen LogP contribution in [0.2, 0.25) is 0 Å². The van der Waals surface area contributed by atoms with Crippen molar-refractivity contribution in [3.63, 3.8) is 0 Å². The first-order chi connectivity index (χ1) is 8.90. The fourth-order valence-corrected chi connectivity index (χ4v) is 3.76. The van der Waals surface area contributed by atoms with Gasteiger partial charge in [-0.3, -0.25) is 0 Å². The molecule has 2 aromatic rings. The third-order valence-electron chi connectivity index (χ3n) is 2.42. The van der Waals surface area contributed by atoms with E-state index < -0.39 is 10.1 Å². The average molecular weight is 406 g/mol. The van der Waals surface area contributed by atoms with Crippen molar-refractivity contribution in [3.8, 4) is 5.75 Å². The Balaban J connectivity index is 2.39. The lowest BCUT2D eigenvalue weighted by molar-refractivity contribution is 0.483. The molecule has 2 aromatic carbocycles.